The minimum absolute atomic E-state index is 0.00538. The van der Waals surface area contributed by atoms with Gasteiger partial charge in [0.25, 0.3) is 5.91 Å². The van der Waals surface area contributed by atoms with E-state index in [1.807, 2.05) is 0 Å². The Morgan fingerprint density at radius 3 is 2.80 bits per heavy atom. The number of aliphatic hydroxyl groups is 1. The molecule has 1 rings (SSSR count). The Kier molecular flexibility index (Phi) is 4.26. The number of halogens is 2. The van der Waals surface area contributed by atoms with Gasteiger partial charge in [0.15, 0.2) is 10.3 Å². The fraction of sp³-hybridized carbons (Fsp3) is 0.375. The van der Waals surface area contributed by atoms with Crippen molar-refractivity contribution in [3.8, 4) is 0 Å². The molecule has 0 aromatic carbocycles. The van der Waals surface area contributed by atoms with Gasteiger partial charge in [-0.3, -0.25) is 4.79 Å². The summed E-state index contributed by atoms with van der Waals surface area (Å²) >= 11 is 11.3. The van der Waals surface area contributed by atoms with Gasteiger partial charge < -0.3 is 10.0 Å². The summed E-state index contributed by atoms with van der Waals surface area (Å²) in [6, 6.07) is 1.34. The van der Waals surface area contributed by atoms with Crippen LogP contribution in [-0.2, 0) is 0 Å². The number of carbonyl (C=O) groups excluding carboxylic acids is 1. The summed E-state index contributed by atoms with van der Waals surface area (Å²) in [4.78, 5) is 13.0. The minimum Gasteiger partial charge on any atom is -0.395 e. The maximum Gasteiger partial charge on any atom is 0.256 e. The van der Waals surface area contributed by atoms with Crippen molar-refractivity contribution in [2.45, 2.75) is 0 Å². The molecule has 15 heavy (non-hydrogen) atoms. The van der Waals surface area contributed by atoms with Crippen LogP contribution in [0.25, 0.3) is 0 Å². The van der Waals surface area contributed by atoms with Gasteiger partial charge >= 0.3 is 0 Å². The molecule has 1 amide bonds. The summed E-state index contributed by atoms with van der Waals surface area (Å²) < 4.78 is 0. The molecule has 0 unspecified atom stereocenters. The van der Waals surface area contributed by atoms with E-state index in [1.165, 1.54) is 11.0 Å². The van der Waals surface area contributed by atoms with Gasteiger partial charge in [-0.25, -0.2) is 0 Å². The van der Waals surface area contributed by atoms with E-state index >= 15 is 0 Å². The van der Waals surface area contributed by atoms with E-state index in [4.69, 9.17) is 28.3 Å². The van der Waals surface area contributed by atoms with Crippen LogP contribution in [0.15, 0.2) is 6.07 Å². The Balaban J connectivity index is 2.95. The van der Waals surface area contributed by atoms with Crippen LogP contribution >= 0.6 is 23.2 Å². The molecule has 0 bridgehead atoms. The van der Waals surface area contributed by atoms with E-state index in [0.29, 0.717) is 0 Å². The van der Waals surface area contributed by atoms with Crippen LogP contribution in [0.5, 0.6) is 0 Å². The summed E-state index contributed by atoms with van der Waals surface area (Å²) in [5.41, 5.74) is 0.174. The molecule has 0 aliphatic heterocycles. The highest BCUT2D eigenvalue weighted by atomic mass is 35.5. The van der Waals surface area contributed by atoms with Crippen molar-refractivity contribution < 1.29 is 9.90 Å². The van der Waals surface area contributed by atoms with E-state index in [-0.39, 0.29) is 34.9 Å². The number of aliphatic hydroxyl groups excluding tert-OH is 1. The van der Waals surface area contributed by atoms with Crippen LogP contribution in [0.2, 0.25) is 10.3 Å². The summed E-state index contributed by atoms with van der Waals surface area (Å²) in [6.07, 6.45) is 0. The summed E-state index contributed by atoms with van der Waals surface area (Å²) in [5.74, 6) is -0.356. The van der Waals surface area contributed by atoms with Gasteiger partial charge in [0.05, 0.1) is 12.2 Å². The topological polar surface area (TPSA) is 66.3 Å². The van der Waals surface area contributed by atoms with Gasteiger partial charge in [-0.1, -0.05) is 23.2 Å². The fourth-order valence-electron chi connectivity index (χ4n) is 0.960. The first-order chi connectivity index (χ1) is 7.06. The zero-order valence-corrected chi connectivity index (χ0v) is 9.46. The van der Waals surface area contributed by atoms with Crippen molar-refractivity contribution in [2.24, 2.45) is 0 Å². The number of likely N-dealkylation sites (N-methyl/N-ethyl adjacent to an activating group) is 1. The van der Waals surface area contributed by atoms with Gasteiger partial charge in [-0.05, 0) is 6.07 Å². The molecule has 0 radical (unpaired) electrons. The van der Waals surface area contributed by atoms with Crippen molar-refractivity contribution in [1.29, 1.82) is 0 Å². The number of carbonyl (C=O) groups is 1. The predicted molar refractivity (Wildman–Crippen MR) is 56.1 cm³/mol. The first kappa shape index (κ1) is 12.2. The van der Waals surface area contributed by atoms with Crippen LogP contribution in [0.4, 0.5) is 0 Å². The number of aromatic nitrogens is 2. The Morgan fingerprint density at radius 2 is 2.20 bits per heavy atom. The number of hydrogen-bond donors (Lipinski definition) is 1. The first-order valence-corrected chi connectivity index (χ1v) is 4.87. The SMILES string of the molecule is CN(CCO)C(=O)c1cc(Cl)nnc1Cl. The fourth-order valence-corrected chi connectivity index (χ4v) is 1.28. The molecular weight excluding hydrogens is 241 g/mol. The van der Waals surface area contributed by atoms with Crippen molar-refractivity contribution in [1.82, 2.24) is 15.1 Å². The highest BCUT2D eigenvalue weighted by Gasteiger charge is 2.16. The molecule has 1 N–H and O–H groups in total. The van der Waals surface area contributed by atoms with E-state index < -0.39 is 0 Å². The normalized spacial score (nSPS) is 10.1. The molecule has 0 atom stereocenters. The molecular formula is C8H9Cl2N3O2. The molecule has 0 aliphatic rings. The van der Waals surface area contributed by atoms with Gasteiger partial charge in [-0.2, -0.15) is 0 Å². The van der Waals surface area contributed by atoms with E-state index in [9.17, 15) is 4.79 Å². The Labute approximate surface area is 96.6 Å². The van der Waals surface area contributed by atoms with E-state index in [2.05, 4.69) is 10.2 Å². The Bertz CT molecular complexity index is 373. The molecule has 0 saturated heterocycles. The molecule has 0 fully saturated rings. The minimum atomic E-state index is -0.356. The second-order valence-corrected chi connectivity index (χ2v) is 3.57. The second kappa shape index (κ2) is 5.25. The Morgan fingerprint density at radius 1 is 1.53 bits per heavy atom. The molecule has 7 heteroatoms. The zero-order chi connectivity index (χ0) is 11.4. The lowest BCUT2D eigenvalue weighted by Gasteiger charge is -2.15. The van der Waals surface area contributed by atoms with E-state index in [1.54, 1.807) is 7.05 Å². The zero-order valence-electron chi connectivity index (χ0n) is 7.94. The molecule has 5 nitrogen and oxygen atoms in total. The molecule has 1 heterocycles. The summed E-state index contributed by atoms with van der Waals surface area (Å²) in [5, 5.41) is 15.8. The van der Waals surface area contributed by atoms with Crippen LogP contribution in [0, 0.1) is 0 Å². The second-order valence-electron chi connectivity index (χ2n) is 2.82. The summed E-state index contributed by atoms with van der Waals surface area (Å²) in [6.45, 7) is 0.0984. The summed E-state index contributed by atoms with van der Waals surface area (Å²) in [7, 11) is 1.54. The molecule has 1 aromatic heterocycles. The number of nitrogens with zero attached hydrogens (tertiary/aromatic N) is 3. The largest absolute Gasteiger partial charge is 0.395 e. The third kappa shape index (κ3) is 3.02. The molecule has 0 saturated carbocycles. The van der Waals surface area contributed by atoms with Crippen molar-refractivity contribution >= 4 is 29.1 Å². The van der Waals surface area contributed by atoms with Gasteiger partial charge in [0.2, 0.25) is 0 Å². The first-order valence-electron chi connectivity index (χ1n) is 4.11. The lowest BCUT2D eigenvalue weighted by molar-refractivity contribution is 0.0766. The predicted octanol–water partition coefficient (Wildman–Crippen LogP) is 0.848. The van der Waals surface area contributed by atoms with Gasteiger partial charge in [-0.15, -0.1) is 10.2 Å². The maximum absolute atomic E-state index is 11.7. The smallest absolute Gasteiger partial charge is 0.256 e. The maximum atomic E-state index is 11.7. The lowest BCUT2D eigenvalue weighted by Crippen LogP contribution is -2.29. The molecule has 0 spiro atoms. The molecule has 0 aliphatic carbocycles. The van der Waals surface area contributed by atoms with Gasteiger partial charge in [0.1, 0.15) is 0 Å². The van der Waals surface area contributed by atoms with Crippen molar-refractivity contribution in [3.05, 3.63) is 21.9 Å². The highest BCUT2D eigenvalue weighted by Crippen LogP contribution is 2.16. The van der Waals surface area contributed by atoms with Crippen LogP contribution in [-0.4, -0.2) is 46.3 Å². The van der Waals surface area contributed by atoms with Crippen LogP contribution < -0.4 is 0 Å². The van der Waals surface area contributed by atoms with Crippen molar-refractivity contribution in [3.63, 3.8) is 0 Å². The standard InChI is InChI=1S/C8H9Cl2N3O2/c1-13(2-3-14)8(15)5-4-6(9)11-12-7(5)10/h4,14H,2-3H2,1H3. The quantitative estimate of drug-likeness (QED) is 0.863. The average molecular weight is 250 g/mol. The average Bonchev–Trinajstić information content (AvgIpc) is 2.21. The number of rotatable bonds is 3. The number of amides is 1. The van der Waals surface area contributed by atoms with Crippen LogP contribution in [0.3, 0.4) is 0 Å². The highest BCUT2D eigenvalue weighted by molar-refractivity contribution is 6.34. The molecule has 82 valence electrons. The molecule has 1 aromatic rings. The third-order valence-electron chi connectivity index (χ3n) is 1.73. The monoisotopic (exact) mass is 249 g/mol. The van der Waals surface area contributed by atoms with Gasteiger partial charge in [0, 0.05) is 13.6 Å². The lowest BCUT2D eigenvalue weighted by atomic mass is 10.3. The number of hydrogen-bond acceptors (Lipinski definition) is 4. The van der Waals surface area contributed by atoms with Crippen LogP contribution in [0.1, 0.15) is 10.4 Å². The third-order valence-corrected chi connectivity index (χ3v) is 2.20. The van der Waals surface area contributed by atoms with Crippen molar-refractivity contribution in [2.75, 3.05) is 20.2 Å². The Hall–Kier alpha value is -0.910. The van der Waals surface area contributed by atoms with E-state index in [0.717, 1.165) is 0 Å².